The fraction of sp³-hybridized carbons (Fsp3) is 0.200. The summed E-state index contributed by atoms with van der Waals surface area (Å²) in [5, 5.41) is 1.79. The molecular formula is C15H13NO2. The number of aryl methyl sites for hydroxylation is 1. The fourth-order valence-corrected chi connectivity index (χ4v) is 2.58. The molecule has 0 N–H and O–H groups in total. The van der Waals surface area contributed by atoms with E-state index < -0.39 is 0 Å². The number of hydrogen-bond acceptors (Lipinski definition) is 2. The molecule has 2 aromatic carbocycles. The number of hydrogen-bond donors (Lipinski definition) is 0. The molecule has 3 heteroatoms. The quantitative estimate of drug-likeness (QED) is 0.717. The van der Waals surface area contributed by atoms with E-state index in [9.17, 15) is 9.59 Å². The largest absolute Gasteiger partial charge is 0.275 e. The van der Waals surface area contributed by atoms with E-state index in [1.165, 1.54) is 4.90 Å². The van der Waals surface area contributed by atoms with Gasteiger partial charge in [-0.3, -0.25) is 14.5 Å². The highest BCUT2D eigenvalue weighted by atomic mass is 16.2. The van der Waals surface area contributed by atoms with Crippen LogP contribution in [0.1, 0.15) is 33.2 Å². The Bertz CT molecular complexity index is 666. The maximum absolute atomic E-state index is 12.3. The van der Waals surface area contributed by atoms with Gasteiger partial charge in [-0.05, 0) is 36.9 Å². The summed E-state index contributed by atoms with van der Waals surface area (Å²) >= 11 is 0. The van der Waals surface area contributed by atoms with Crippen LogP contribution in [0.5, 0.6) is 0 Å². The summed E-state index contributed by atoms with van der Waals surface area (Å²) in [7, 11) is 0. The number of carbonyl (C=O) groups excluding carboxylic acids is 2. The van der Waals surface area contributed by atoms with Gasteiger partial charge in [0.25, 0.3) is 11.8 Å². The molecule has 2 amide bonds. The van der Waals surface area contributed by atoms with Crippen LogP contribution in [0.4, 0.5) is 0 Å². The van der Waals surface area contributed by atoms with Crippen LogP contribution >= 0.6 is 0 Å². The first-order valence-corrected chi connectivity index (χ1v) is 6.03. The van der Waals surface area contributed by atoms with Crippen molar-refractivity contribution >= 4 is 22.6 Å². The first-order valence-electron chi connectivity index (χ1n) is 6.03. The SMILES string of the molecule is CCN1C(=O)c2cccc3c(C)ccc(c23)C1=O. The zero-order chi connectivity index (χ0) is 12.9. The predicted molar refractivity (Wildman–Crippen MR) is 69.7 cm³/mol. The molecule has 1 heterocycles. The average Bonchev–Trinajstić information content (AvgIpc) is 2.38. The lowest BCUT2D eigenvalue weighted by atomic mass is 9.92. The Morgan fingerprint density at radius 1 is 1.00 bits per heavy atom. The van der Waals surface area contributed by atoms with Gasteiger partial charge in [-0.2, -0.15) is 0 Å². The van der Waals surface area contributed by atoms with Gasteiger partial charge in [-0.15, -0.1) is 0 Å². The Morgan fingerprint density at radius 3 is 2.33 bits per heavy atom. The van der Waals surface area contributed by atoms with Crippen molar-refractivity contribution in [2.24, 2.45) is 0 Å². The van der Waals surface area contributed by atoms with Crippen LogP contribution in [0, 0.1) is 6.92 Å². The number of carbonyl (C=O) groups is 2. The molecule has 0 fully saturated rings. The van der Waals surface area contributed by atoms with Crippen molar-refractivity contribution in [2.45, 2.75) is 13.8 Å². The van der Waals surface area contributed by atoms with Crippen LogP contribution in [-0.2, 0) is 0 Å². The number of benzene rings is 2. The molecule has 0 saturated heterocycles. The van der Waals surface area contributed by atoms with Gasteiger partial charge >= 0.3 is 0 Å². The van der Waals surface area contributed by atoms with Crippen molar-refractivity contribution in [1.29, 1.82) is 0 Å². The van der Waals surface area contributed by atoms with E-state index in [1.807, 2.05) is 38.1 Å². The molecule has 0 spiro atoms. The highest BCUT2D eigenvalue weighted by Gasteiger charge is 2.31. The van der Waals surface area contributed by atoms with Gasteiger partial charge in [0.1, 0.15) is 0 Å². The van der Waals surface area contributed by atoms with Gasteiger partial charge in [0, 0.05) is 23.1 Å². The van der Waals surface area contributed by atoms with E-state index in [0.29, 0.717) is 17.7 Å². The van der Waals surface area contributed by atoms with Crippen LogP contribution in [0.3, 0.4) is 0 Å². The molecule has 0 aromatic heterocycles. The van der Waals surface area contributed by atoms with Crippen LogP contribution in [0.25, 0.3) is 10.8 Å². The summed E-state index contributed by atoms with van der Waals surface area (Å²) in [5.74, 6) is -0.377. The van der Waals surface area contributed by atoms with Crippen LogP contribution in [0.2, 0.25) is 0 Å². The molecule has 0 bridgehead atoms. The minimum absolute atomic E-state index is 0.189. The summed E-state index contributed by atoms with van der Waals surface area (Å²) in [6, 6.07) is 9.38. The second-order valence-corrected chi connectivity index (χ2v) is 4.51. The zero-order valence-corrected chi connectivity index (χ0v) is 10.4. The first-order chi connectivity index (χ1) is 8.65. The normalized spacial score (nSPS) is 14.4. The smallest absolute Gasteiger partial charge is 0.261 e. The van der Waals surface area contributed by atoms with Gasteiger partial charge in [0.05, 0.1) is 0 Å². The molecule has 18 heavy (non-hydrogen) atoms. The van der Waals surface area contributed by atoms with Gasteiger partial charge in [-0.25, -0.2) is 0 Å². The third kappa shape index (κ3) is 1.24. The monoisotopic (exact) mass is 239 g/mol. The van der Waals surface area contributed by atoms with Crippen molar-refractivity contribution in [2.75, 3.05) is 6.54 Å². The van der Waals surface area contributed by atoms with Crippen molar-refractivity contribution in [3.8, 4) is 0 Å². The summed E-state index contributed by atoms with van der Waals surface area (Å²) in [5.41, 5.74) is 2.35. The highest BCUT2D eigenvalue weighted by molar-refractivity contribution is 6.25. The maximum Gasteiger partial charge on any atom is 0.261 e. The maximum atomic E-state index is 12.3. The zero-order valence-electron chi connectivity index (χ0n) is 10.4. The van der Waals surface area contributed by atoms with E-state index in [2.05, 4.69) is 0 Å². The Morgan fingerprint density at radius 2 is 1.67 bits per heavy atom. The third-order valence-electron chi connectivity index (χ3n) is 3.53. The van der Waals surface area contributed by atoms with Crippen LogP contribution < -0.4 is 0 Å². The molecule has 0 radical (unpaired) electrons. The predicted octanol–water partition coefficient (Wildman–Crippen LogP) is 2.76. The van der Waals surface area contributed by atoms with E-state index in [0.717, 1.165) is 16.3 Å². The van der Waals surface area contributed by atoms with Crippen molar-refractivity contribution in [1.82, 2.24) is 4.90 Å². The van der Waals surface area contributed by atoms with E-state index in [1.54, 1.807) is 6.07 Å². The van der Waals surface area contributed by atoms with Gasteiger partial charge < -0.3 is 0 Å². The number of nitrogens with zero attached hydrogens (tertiary/aromatic N) is 1. The Balaban J connectivity index is 2.46. The molecule has 3 rings (SSSR count). The molecule has 0 aliphatic carbocycles. The molecule has 90 valence electrons. The molecule has 0 atom stereocenters. The van der Waals surface area contributed by atoms with Crippen molar-refractivity contribution in [3.63, 3.8) is 0 Å². The molecule has 2 aromatic rings. The third-order valence-corrected chi connectivity index (χ3v) is 3.53. The van der Waals surface area contributed by atoms with E-state index in [-0.39, 0.29) is 11.8 Å². The lowest BCUT2D eigenvalue weighted by Crippen LogP contribution is -2.40. The van der Waals surface area contributed by atoms with Crippen LogP contribution in [0.15, 0.2) is 30.3 Å². The average molecular weight is 239 g/mol. The number of imide groups is 1. The lowest BCUT2D eigenvalue weighted by molar-refractivity contribution is 0.0619. The molecule has 1 aliphatic heterocycles. The number of rotatable bonds is 1. The molecule has 0 saturated carbocycles. The second-order valence-electron chi connectivity index (χ2n) is 4.51. The standard InChI is InChI=1S/C15H13NO2/c1-3-16-14(17)11-6-4-5-10-9(2)7-8-12(13(10)11)15(16)18/h4-8H,3H2,1-2H3. The molecule has 3 nitrogen and oxygen atoms in total. The van der Waals surface area contributed by atoms with E-state index in [4.69, 9.17) is 0 Å². The summed E-state index contributed by atoms with van der Waals surface area (Å²) < 4.78 is 0. The van der Waals surface area contributed by atoms with E-state index >= 15 is 0 Å². The Kier molecular flexibility index (Phi) is 2.23. The minimum atomic E-state index is -0.189. The Labute approximate surface area is 105 Å². The van der Waals surface area contributed by atoms with Gasteiger partial charge in [0.15, 0.2) is 0 Å². The molecule has 0 unspecified atom stereocenters. The minimum Gasteiger partial charge on any atom is -0.275 e. The Hall–Kier alpha value is -2.16. The molecule has 1 aliphatic rings. The lowest BCUT2D eigenvalue weighted by Gasteiger charge is -2.26. The topological polar surface area (TPSA) is 37.4 Å². The second kappa shape index (κ2) is 3.67. The van der Waals surface area contributed by atoms with Crippen molar-refractivity contribution in [3.05, 3.63) is 47.0 Å². The first kappa shape index (κ1) is 11.0. The fourth-order valence-electron chi connectivity index (χ4n) is 2.58. The summed E-state index contributed by atoms with van der Waals surface area (Å²) in [4.78, 5) is 25.8. The summed E-state index contributed by atoms with van der Waals surface area (Å²) in [6.07, 6.45) is 0. The van der Waals surface area contributed by atoms with Crippen molar-refractivity contribution < 1.29 is 9.59 Å². The number of amides is 2. The van der Waals surface area contributed by atoms with Gasteiger partial charge in [0.2, 0.25) is 0 Å². The van der Waals surface area contributed by atoms with Gasteiger partial charge in [-0.1, -0.05) is 18.2 Å². The van der Waals surface area contributed by atoms with Crippen LogP contribution in [-0.4, -0.2) is 23.3 Å². The molecular weight excluding hydrogens is 226 g/mol. The highest BCUT2D eigenvalue weighted by Crippen LogP contribution is 2.31. The summed E-state index contributed by atoms with van der Waals surface area (Å²) in [6.45, 7) is 4.21.